The predicted molar refractivity (Wildman–Crippen MR) is 75.5 cm³/mol. The molecule has 0 radical (unpaired) electrons. The van der Waals surface area contributed by atoms with Gasteiger partial charge >= 0.3 is 0 Å². The summed E-state index contributed by atoms with van der Waals surface area (Å²) >= 11 is 0. The molecule has 1 rings (SSSR count). The van der Waals surface area contributed by atoms with Crippen LogP contribution >= 0.6 is 0 Å². The van der Waals surface area contributed by atoms with Crippen LogP contribution in [0, 0.1) is 11.3 Å². The Labute approximate surface area is 119 Å². The molecule has 0 unspecified atom stereocenters. The lowest BCUT2D eigenvalue weighted by Crippen LogP contribution is -2.37. The number of aromatic nitrogens is 2. The number of nitrogens with zero attached hydrogens (tertiary/aromatic N) is 4. The van der Waals surface area contributed by atoms with Gasteiger partial charge in [0, 0.05) is 25.6 Å². The molecule has 110 valence electrons. The van der Waals surface area contributed by atoms with Crippen molar-refractivity contribution in [1.82, 2.24) is 14.3 Å². The van der Waals surface area contributed by atoms with Gasteiger partial charge in [-0.05, 0) is 20.8 Å². The van der Waals surface area contributed by atoms with Gasteiger partial charge < -0.3 is 5.32 Å². The maximum atomic E-state index is 12.5. The van der Waals surface area contributed by atoms with Crippen molar-refractivity contribution >= 4 is 16.0 Å². The van der Waals surface area contributed by atoms with Crippen molar-refractivity contribution < 1.29 is 8.42 Å². The number of rotatable bonds is 7. The van der Waals surface area contributed by atoms with Gasteiger partial charge in [0.25, 0.3) is 0 Å². The average molecular weight is 297 g/mol. The van der Waals surface area contributed by atoms with Crippen LogP contribution in [0.15, 0.2) is 17.3 Å². The van der Waals surface area contributed by atoms with Crippen molar-refractivity contribution in [1.29, 1.82) is 5.26 Å². The largest absolute Gasteiger partial charge is 0.355 e. The summed E-state index contributed by atoms with van der Waals surface area (Å²) in [4.78, 5) is 7.96. The fourth-order valence-corrected chi connectivity index (χ4v) is 3.18. The van der Waals surface area contributed by atoms with Crippen molar-refractivity contribution in [2.24, 2.45) is 0 Å². The first-order valence-corrected chi connectivity index (χ1v) is 7.82. The maximum absolute atomic E-state index is 12.5. The molecule has 0 amide bonds. The number of sulfonamides is 1. The molecule has 8 heteroatoms. The minimum Gasteiger partial charge on any atom is -0.355 e. The first-order chi connectivity index (χ1) is 9.43. The Balaban J connectivity index is 3.03. The van der Waals surface area contributed by atoms with E-state index >= 15 is 0 Å². The highest BCUT2D eigenvalue weighted by Crippen LogP contribution is 2.17. The van der Waals surface area contributed by atoms with E-state index in [9.17, 15) is 8.42 Å². The molecule has 0 aliphatic carbocycles. The zero-order chi connectivity index (χ0) is 15.2. The smallest absolute Gasteiger partial charge is 0.246 e. The zero-order valence-electron chi connectivity index (χ0n) is 11.9. The third-order valence-corrected chi connectivity index (χ3v) is 4.62. The Bertz CT molecular complexity index is 563. The first kappa shape index (κ1) is 16.3. The monoisotopic (exact) mass is 297 g/mol. The van der Waals surface area contributed by atoms with E-state index in [4.69, 9.17) is 5.26 Å². The second-order valence-corrected chi connectivity index (χ2v) is 6.28. The van der Waals surface area contributed by atoms with Crippen molar-refractivity contribution in [3.63, 3.8) is 0 Å². The standard InChI is InChI=1S/C12H19N5O2S/c1-4-14-12-15-8-11(9-16-12)20(18,19)17(10(2)3)7-5-6-13/h8-10H,4-5,7H2,1-3H3,(H,14,15,16). The van der Waals surface area contributed by atoms with E-state index in [2.05, 4.69) is 15.3 Å². The Morgan fingerprint density at radius 1 is 1.40 bits per heavy atom. The molecular weight excluding hydrogens is 278 g/mol. The van der Waals surface area contributed by atoms with Crippen LogP contribution in [0.4, 0.5) is 5.95 Å². The van der Waals surface area contributed by atoms with E-state index in [-0.39, 0.29) is 23.9 Å². The first-order valence-electron chi connectivity index (χ1n) is 6.38. The summed E-state index contributed by atoms with van der Waals surface area (Å²) in [6, 6.07) is 1.72. The Morgan fingerprint density at radius 2 is 2.00 bits per heavy atom. The van der Waals surface area contributed by atoms with E-state index < -0.39 is 10.0 Å². The molecule has 0 saturated carbocycles. The molecule has 7 nitrogen and oxygen atoms in total. The van der Waals surface area contributed by atoms with Crippen molar-refractivity contribution in [2.45, 2.75) is 38.1 Å². The van der Waals surface area contributed by atoms with Crippen LogP contribution in [-0.4, -0.2) is 41.8 Å². The third kappa shape index (κ3) is 3.88. The molecule has 1 aromatic heterocycles. The molecule has 20 heavy (non-hydrogen) atoms. The highest BCUT2D eigenvalue weighted by Gasteiger charge is 2.27. The quantitative estimate of drug-likeness (QED) is 0.812. The van der Waals surface area contributed by atoms with Gasteiger partial charge in [-0.2, -0.15) is 9.57 Å². The van der Waals surface area contributed by atoms with Crippen molar-refractivity contribution in [3.8, 4) is 6.07 Å². The fourth-order valence-electron chi connectivity index (χ4n) is 1.65. The van der Waals surface area contributed by atoms with Crippen molar-refractivity contribution in [3.05, 3.63) is 12.4 Å². The number of nitriles is 1. The van der Waals surface area contributed by atoms with Gasteiger partial charge in [0.15, 0.2) is 0 Å². The topological polar surface area (TPSA) is 99.0 Å². The van der Waals surface area contributed by atoms with Gasteiger partial charge in [-0.25, -0.2) is 18.4 Å². The summed E-state index contributed by atoms with van der Waals surface area (Å²) in [5.41, 5.74) is 0. The van der Waals surface area contributed by atoms with Crippen molar-refractivity contribution in [2.75, 3.05) is 18.4 Å². The van der Waals surface area contributed by atoms with Crippen LogP contribution in [0.5, 0.6) is 0 Å². The van der Waals surface area contributed by atoms with Crippen LogP contribution in [0.25, 0.3) is 0 Å². The molecule has 0 atom stereocenters. The summed E-state index contributed by atoms with van der Waals surface area (Å²) < 4.78 is 26.2. The fraction of sp³-hybridized carbons (Fsp3) is 0.583. The molecular formula is C12H19N5O2S. The molecule has 1 N–H and O–H groups in total. The number of hydrogen-bond donors (Lipinski definition) is 1. The second kappa shape index (κ2) is 7.17. The van der Waals surface area contributed by atoms with E-state index in [1.807, 2.05) is 13.0 Å². The second-order valence-electron chi connectivity index (χ2n) is 4.39. The van der Waals surface area contributed by atoms with Gasteiger partial charge in [0.05, 0.1) is 18.5 Å². The number of nitrogens with one attached hydrogen (secondary N) is 1. The lowest BCUT2D eigenvalue weighted by molar-refractivity contribution is 0.360. The van der Waals surface area contributed by atoms with Gasteiger partial charge in [-0.15, -0.1) is 0 Å². The molecule has 0 aromatic carbocycles. The summed E-state index contributed by atoms with van der Waals surface area (Å²) in [5, 5.41) is 11.5. The van der Waals surface area contributed by atoms with E-state index in [1.165, 1.54) is 16.7 Å². The maximum Gasteiger partial charge on any atom is 0.246 e. The summed E-state index contributed by atoms with van der Waals surface area (Å²) in [7, 11) is -3.67. The number of anilines is 1. The van der Waals surface area contributed by atoms with E-state index in [0.717, 1.165) is 0 Å². The Morgan fingerprint density at radius 3 is 2.45 bits per heavy atom. The molecule has 0 fully saturated rings. The SMILES string of the molecule is CCNc1ncc(S(=O)(=O)N(CCC#N)C(C)C)cn1. The van der Waals surface area contributed by atoms with Crippen LogP contribution < -0.4 is 5.32 Å². The summed E-state index contributed by atoms with van der Waals surface area (Å²) in [6.07, 6.45) is 2.71. The van der Waals surface area contributed by atoms with Gasteiger partial charge in [0.1, 0.15) is 4.90 Å². The number of hydrogen-bond acceptors (Lipinski definition) is 6. The lowest BCUT2D eigenvalue weighted by Gasteiger charge is -2.24. The van der Waals surface area contributed by atoms with Gasteiger partial charge in [-0.3, -0.25) is 0 Å². The molecule has 0 spiro atoms. The minimum absolute atomic E-state index is 0.0331. The van der Waals surface area contributed by atoms with Crippen LogP contribution in [0.2, 0.25) is 0 Å². The molecule has 0 aliphatic heterocycles. The average Bonchev–Trinajstić information content (AvgIpc) is 2.39. The third-order valence-electron chi connectivity index (χ3n) is 2.59. The normalized spacial score (nSPS) is 11.6. The lowest BCUT2D eigenvalue weighted by atomic mass is 10.3. The molecule has 1 heterocycles. The van der Waals surface area contributed by atoms with Crippen LogP contribution in [0.3, 0.4) is 0 Å². The van der Waals surface area contributed by atoms with Crippen LogP contribution in [-0.2, 0) is 10.0 Å². The highest BCUT2D eigenvalue weighted by atomic mass is 32.2. The Kier molecular flexibility index (Phi) is 5.85. The molecule has 0 aliphatic rings. The minimum atomic E-state index is -3.67. The summed E-state index contributed by atoms with van der Waals surface area (Å²) in [6.45, 7) is 6.25. The summed E-state index contributed by atoms with van der Waals surface area (Å²) in [5.74, 6) is 0.388. The highest BCUT2D eigenvalue weighted by molar-refractivity contribution is 7.89. The van der Waals surface area contributed by atoms with E-state index in [1.54, 1.807) is 13.8 Å². The predicted octanol–water partition coefficient (Wildman–Crippen LogP) is 1.22. The molecule has 0 bridgehead atoms. The zero-order valence-corrected chi connectivity index (χ0v) is 12.7. The van der Waals surface area contributed by atoms with E-state index in [0.29, 0.717) is 12.5 Å². The van der Waals surface area contributed by atoms with Gasteiger partial charge in [0.2, 0.25) is 16.0 Å². The van der Waals surface area contributed by atoms with Crippen LogP contribution in [0.1, 0.15) is 27.2 Å². The molecule has 0 saturated heterocycles. The molecule has 1 aromatic rings. The Hall–Kier alpha value is -1.72. The van der Waals surface area contributed by atoms with Gasteiger partial charge in [-0.1, -0.05) is 0 Å².